The van der Waals surface area contributed by atoms with Gasteiger partial charge in [0.25, 0.3) is 0 Å². The van der Waals surface area contributed by atoms with Crippen LogP contribution in [0.4, 0.5) is 5.69 Å². The van der Waals surface area contributed by atoms with Crippen molar-refractivity contribution in [2.45, 2.75) is 26.7 Å². The minimum absolute atomic E-state index is 0.0199. The van der Waals surface area contributed by atoms with Crippen LogP contribution in [-0.4, -0.2) is 34.6 Å². The van der Waals surface area contributed by atoms with Crippen LogP contribution in [0.25, 0.3) is 0 Å². The van der Waals surface area contributed by atoms with E-state index in [0.29, 0.717) is 29.6 Å². The van der Waals surface area contributed by atoms with E-state index in [4.69, 9.17) is 9.47 Å². The largest absolute Gasteiger partial charge is 0.495 e. The van der Waals surface area contributed by atoms with E-state index >= 15 is 0 Å². The summed E-state index contributed by atoms with van der Waals surface area (Å²) >= 11 is 0. The second-order valence-corrected chi connectivity index (χ2v) is 7.90. The number of allylic oxidation sites excluding steroid dienone is 4. The van der Waals surface area contributed by atoms with Gasteiger partial charge in [0, 0.05) is 17.4 Å². The highest BCUT2D eigenvalue weighted by Gasteiger charge is 2.62. The van der Waals surface area contributed by atoms with Gasteiger partial charge in [-0.1, -0.05) is 24.3 Å². The number of aromatic nitrogens is 3. The number of methoxy groups -OCH3 is 1. The average molecular weight is 406 g/mol. The van der Waals surface area contributed by atoms with Gasteiger partial charge in [-0.3, -0.25) is 9.78 Å². The highest BCUT2D eigenvalue weighted by molar-refractivity contribution is 5.95. The lowest BCUT2D eigenvalue weighted by Gasteiger charge is -2.26. The Labute approximate surface area is 176 Å². The van der Waals surface area contributed by atoms with Crippen molar-refractivity contribution in [2.75, 3.05) is 19.0 Å². The van der Waals surface area contributed by atoms with E-state index in [1.165, 1.54) is 0 Å². The number of anilines is 1. The number of ether oxygens (including phenoxy) is 2. The topological polar surface area (TPSA) is 86.2 Å². The van der Waals surface area contributed by atoms with Crippen LogP contribution in [0.3, 0.4) is 0 Å². The lowest BCUT2D eigenvalue weighted by atomic mass is 9.82. The van der Waals surface area contributed by atoms with Crippen molar-refractivity contribution in [1.29, 1.82) is 0 Å². The van der Waals surface area contributed by atoms with Gasteiger partial charge in [0.2, 0.25) is 5.91 Å². The minimum atomic E-state index is -0.255. The molecule has 156 valence electrons. The van der Waals surface area contributed by atoms with Crippen LogP contribution in [0.2, 0.25) is 0 Å². The Bertz CT molecular complexity index is 1000. The summed E-state index contributed by atoms with van der Waals surface area (Å²) in [5.74, 6) is 2.07. The molecule has 4 rings (SSSR count). The molecule has 30 heavy (non-hydrogen) atoms. The lowest BCUT2D eigenvalue weighted by molar-refractivity contribution is -0.118. The van der Waals surface area contributed by atoms with Crippen LogP contribution >= 0.6 is 0 Å². The van der Waals surface area contributed by atoms with Gasteiger partial charge in [0.05, 0.1) is 43.7 Å². The first-order chi connectivity index (χ1) is 14.5. The van der Waals surface area contributed by atoms with Crippen LogP contribution in [0.15, 0.2) is 49.0 Å². The highest BCUT2D eigenvalue weighted by Crippen LogP contribution is 2.60. The fourth-order valence-corrected chi connectivity index (χ4v) is 4.11. The summed E-state index contributed by atoms with van der Waals surface area (Å²) in [4.78, 5) is 25.8. The van der Waals surface area contributed by atoms with Crippen LogP contribution in [-0.2, 0) is 4.79 Å². The average Bonchev–Trinajstić information content (AvgIpc) is 3.50. The molecule has 0 aliphatic heterocycles. The molecular formula is C23H26N4O3. The molecule has 0 aromatic carbocycles. The van der Waals surface area contributed by atoms with Crippen molar-refractivity contribution in [3.05, 3.63) is 60.5 Å². The number of hydrogen-bond donors (Lipinski definition) is 1. The Kier molecular flexibility index (Phi) is 5.53. The molecule has 1 amide bonds. The van der Waals surface area contributed by atoms with Crippen molar-refractivity contribution in [3.8, 4) is 11.5 Å². The summed E-state index contributed by atoms with van der Waals surface area (Å²) in [7, 11) is 1.57. The van der Waals surface area contributed by atoms with Crippen LogP contribution in [0.5, 0.6) is 11.5 Å². The first-order valence-corrected chi connectivity index (χ1v) is 10.1. The Balaban J connectivity index is 1.50. The first kappa shape index (κ1) is 20.1. The Morgan fingerprint density at radius 3 is 2.87 bits per heavy atom. The fourth-order valence-electron chi connectivity index (χ4n) is 4.11. The lowest BCUT2D eigenvalue weighted by Crippen LogP contribution is -2.29. The molecule has 0 bridgehead atoms. The van der Waals surface area contributed by atoms with Gasteiger partial charge in [0.1, 0.15) is 11.6 Å². The number of hydrogen-bond acceptors (Lipinski definition) is 6. The summed E-state index contributed by atoms with van der Waals surface area (Å²) in [6, 6.07) is 1.77. The van der Waals surface area contributed by atoms with Gasteiger partial charge in [-0.2, -0.15) is 0 Å². The van der Waals surface area contributed by atoms with E-state index in [1.807, 2.05) is 19.9 Å². The molecule has 1 fully saturated rings. The monoisotopic (exact) mass is 406 g/mol. The highest BCUT2D eigenvalue weighted by atomic mass is 16.5. The van der Waals surface area contributed by atoms with E-state index in [-0.39, 0.29) is 23.2 Å². The quantitative estimate of drug-likeness (QED) is 0.755. The number of nitrogens with one attached hydrogen (secondary N) is 1. The number of aryl methyl sites for hydroxylation is 2. The summed E-state index contributed by atoms with van der Waals surface area (Å²) in [5.41, 5.74) is 1.18. The van der Waals surface area contributed by atoms with Crippen molar-refractivity contribution in [3.63, 3.8) is 0 Å². The van der Waals surface area contributed by atoms with Crippen LogP contribution in [0, 0.1) is 31.1 Å². The summed E-state index contributed by atoms with van der Waals surface area (Å²) < 4.78 is 11.3. The number of rotatable bonds is 7. The maximum absolute atomic E-state index is 13.1. The number of carbonyl (C=O) groups is 1. The minimum Gasteiger partial charge on any atom is -0.495 e. The van der Waals surface area contributed by atoms with Crippen molar-refractivity contribution in [1.82, 2.24) is 15.0 Å². The number of nitrogens with zero attached hydrogens (tertiary/aromatic N) is 3. The molecule has 2 aromatic rings. The summed E-state index contributed by atoms with van der Waals surface area (Å²) in [6.07, 6.45) is 15.0. The van der Waals surface area contributed by atoms with E-state index in [1.54, 1.807) is 31.8 Å². The van der Waals surface area contributed by atoms with Crippen molar-refractivity contribution >= 4 is 11.6 Å². The normalized spacial score (nSPS) is 24.4. The molecule has 0 radical (unpaired) electrons. The third-order valence-electron chi connectivity index (χ3n) is 5.92. The van der Waals surface area contributed by atoms with Gasteiger partial charge in [-0.15, -0.1) is 0 Å². The molecule has 2 aliphatic rings. The number of pyridine rings is 1. The predicted molar refractivity (Wildman–Crippen MR) is 113 cm³/mol. The Morgan fingerprint density at radius 1 is 1.27 bits per heavy atom. The van der Waals surface area contributed by atoms with E-state index in [0.717, 1.165) is 18.5 Å². The summed E-state index contributed by atoms with van der Waals surface area (Å²) in [6.45, 7) is 4.20. The van der Waals surface area contributed by atoms with Gasteiger partial charge < -0.3 is 14.8 Å². The third-order valence-corrected chi connectivity index (χ3v) is 5.92. The second-order valence-electron chi connectivity index (χ2n) is 7.90. The zero-order valence-electron chi connectivity index (χ0n) is 17.5. The summed E-state index contributed by atoms with van der Waals surface area (Å²) in [5, 5.41) is 2.99. The zero-order valence-corrected chi connectivity index (χ0v) is 17.5. The molecule has 1 unspecified atom stereocenters. The molecule has 7 heteroatoms. The molecule has 2 heterocycles. The van der Waals surface area contributed by atoms with Crippen LogP contribution in [0.1, 0.15) is 24.4 Å². The smallest absolute Gasteiger partial charge is 0.228 e. The maximum Gasteiger partial charge on any atom is 0.228 e. The molecule has 0 saturated heterocycles. The molecule has 7 nitrogen and oxygen atoms in total. The number of amides is 1. The van der Waals surface area contributed by atoms with E-state index < -0.39 is 0 Å². The predicted octanol–water partition coefficient (Wildman–Crippen LogP) is 3.65. The molecule has 0 spiro atoms. The molecule has 2 aromatic heterocycles. The van der Waals surface area contributed by atoms with Crippen molar-refractivity contribution < 1.29 is 14.3 Å². The SMILES string of the molecule is COc1cncc(NC(=O)[C@@H]2C[C@@]2(COc2cnc(C)nc2C)C2C=CC=CC2)c1. The number of carbonyl (C=O) groups excluding carboxylic acids is 1. The standard InChI is InChI=1S/C23H26N4O3/c1-15-21(13-25-16(2)26-15)30-14-23(17-7-5-4-6-8-17)10-20(23)22(28)27-18-9-19(29-3)12-24-11-18/h4-7,9,11-13,17,20H,8,10,14H2,1-3H3,(H,27,28)/t17?,20-,23+/m0/s1. The van der Waals surface area contributed by atoms with Gasteiger partial charge in [-0.05, 0) is 32.6 Å². The fraction of sp³-hybridized carbons (Fsp3) is 0.391. The second kappa shape index (κ2) is 8.26. The zero-order chi connectivity index (χ0) is 21.1. The van der Waals surface area contributed by atoms with Gasteiger partial charge >= 0.3 is 0 Å². The Hall–Kier alpha value is -3.22. The van der Waals surface area contributed by atoms with E-state index in [9.17, 15) is 4.79 Å². The van der Waals surface area contributed by atoms with Gasteiger partial charge in [0.15, 0.2) is 5.75 Å². The van der Waals surface area contributed by atoms with Crippen molar-refractivity contribution in [2.24, 2.45) is 17.3 Å². The van der Waals surface area contributed by atoms with Crippen LogP contribution < -0.4 is 14.8 Å². The molecule has 2 aliphatic carbocycles. The first-order valence-electron chi connectivity index (χ1n) is 10.1. The third kappa shape index (κ3) is 4.06. The van der Waals surface area contributed by atoms with Gasteiger partial charge in [-0.25, -0.2) is 9.97 Å². The van der Waals surface area contributed by atoms with E-state index in [2.05, 4.69) is 38.5 Å². The maximum atomic E-state index is 13.1. The molecule has 3 atom stereocenters. The molecular weight excluding hydrogens is 380 g/mol. The molecule has 1 N–H and O–H groups in total. The molecule has 1 saturated carbocycles. The Morgan fingerprint density at radius 2 is 2.13 bits per heavy atom.